The highest BCUT2D eigenvalue weighted by molar-refractivity contribution is 6.02. The van der Waals surface area contributed by atoms with E-state index in [4.69, 9.17) is 14.6 Å². The van der Waals surface area contributed by atoms with Gasteiger partial charge in [0.2, 0.25) is 0 Å². The molecule has 0 fully saturated rings. The summed E-state index contributed by atoms with van der Waals surface area (Å²) in [6.07, 6.45) is 2.75. The van der Waals surface area contributed by atoms with Crippen LogP contribution in [0.2, 0.25) is 0 Å². The standard InChI is InChI=1S/C21H18O4/c1-24-17-5-3-4-16(12-17)21-15(9-11-20(22)23)7-6-14-8-10-18(25-2)13-19(14)21/h3-13H,1-2H3,(H,22,23)/b11-9+. The van der Waals surface area contributed by atoms with E-state index in [0.717, 1.165) is 45.0 Å². The highest BCUT2D eigenvalue weighted by atomic mass is 16.5. The van der Waals surface area contributed by atoms with Gasteiger partial charge in [0.15, 0.2) is 0 Å². The molecule has 0 spiro atoms. The van der Waals surface area contributed by atoms with Gasteiger partial charge in [-0.3, -0.25) is 0 Å². The van der Waals surface area contributed by atoms with Crippen molar-refractivity contribution in [3.63, 3.8) is 0 Å². The van der Waals surface area contributed by atoms with Crippen molar-refractivity contribution in [3.8, 4) is 22.6 Å². The van der Waals surface area contributed by atoms with Gasteiger partial charge in [0.05, 0.1) is 14.2 Å². The normalized spacial score (nSPS) is 11.0. The van der Waals surface area contributed by atoms with Crippen LogP contribution in [-0.4, -0.2) is 25.3 Å². The number of carboxylic acids is 1. The van der Waals surface area contributed by atoms with Gasteiger partial charge >= 0.3 is 5.97 Å². The fourth-order valence-electron chi connectivity index (χ4n) is 2.84. The lowest BCUT2D eigenvalue weighted by Gasteiger charge is -2.13. The van der Waals surface area contributed by atoms with E-state index in [2.05, 4.69) is 0 Å². The van der Waals surface area contributed by atoms with Crippen molar-refractivity contribution in [2.45, 2.75) is 0 Å². The van der Waals surface area contributed by atoms with Crippen LogP contribution in [-0.2, 0) is 4.79 Å². The van der Waals surface area contributed by atoms with Crippen molar-refractivity contribution in [1.29, 1.82) is 0 Å². The Morgan fingerprint density at radius 3 is 2.40 bits per heavy atom. The molecular formula is C21H18O4. The molecule has 126 valence electrons. The minimum absolute atomic E-state index is 0.741. The highest BCUT2D eigenvalue weighted by Crippen LogP contribution is 2.36. The van der Waals surface area contributed by atoms with E-state index in [0.29, 0.717) is 0 Å². The van der Waals surface area contributed by atoms with Crippen LogP contribution < -0.4 is 9.47 Å². The predicted molar refractivity (Wildman–Crippen MR) is 99.2 cm³/mol. The van der Waals surface area contributed by atoms with Gasteiger partial charge in [-0.15, -0.1) is 0 Å². The maximum atomic E-state index is 11.0. The Labute approximate surface area is 145 Å². The number of carboxylic acid groups (broad SMARTS) is 1. The molecule has 0 amide bonds. The summed E-state index contributed by atoms with van der Waals surface area (Å²) in [7, 11) is 3.25. The van der Waals surface area contributed by atoms with Crippen LogP contribution in [0.15, 0.2) is 60.7 Å². The second-order valence-corrected chi connectivity index (χ2v) is 5.52. The van der Waals surface area contributed by atoms with E-state index in [1.165, 1.54) is 0 Å². The zero-order chi connectivity index (χ0) is 17.8. The van der Waals surface area contributed by atoms with Gasteiger partial charge < -0.3 is 14.6 Å². The molecule has 4 heteroatoms. The molecule has 0 aliphatic carbocycles. The molecule has 3 aromatic rings. The highest BCUT2D eigenvalue weighted by Gasteiger charge is 2.11. The van der Waals surface area contributed by atoms with Gasteiger partial charge in [0.25, 0.3) is 0 Å². The van der Waals surface area contributed by atoms with Crippen molar-refractivity contribution in [2.24, 2.45) is 0 Å². The summed E-state index contributed by atoms with van der Waals surface area (Å²) in [4.78, 5) is 11.0. The van der Waals surface area contributed by atoms with Gasteiger partial charge in [-0.05, 0) is 57.8 Å². The zero-order valence-corrected chi connectivity index (χ0v) is 14.0. The Morgan fingerprint density at radius 1 is 0.960 bits per heavy atom. The number of benzene rings is 3. The zero-order valence-electron chi connectivity index (χ0n) is 14.0. The first-order valence-electron chi connectivity index (χ1n) is 7.78. The minimum atomic E-state index is -0.984. The third-order valence-electron chi connectivity index (χ3n) is 4.02. The van der Waals surface area contributed by atoms with Crippen LogP contribution in [0.1, 0.15) is 5.56 Å². The van der Waals surface area contributed by atoms with Crippen LogP contribution in [0.4, 0.5) is 0 Å². The molecule has 3 rings (SSSR count). The number of ether oxygens (including phenoxy) is 2. The monoisotopic (exact) mass is 334 g/mol. The molecule has 25 heavy (non-hydrogen) atoms. The van der Waals surface area contributed by atoms with Crippen molar-refractivity contribution < 1.29 is 19.4 Å². The number of rotatable bonds is 5. The van der Waals surface area contributed by atoms with Crippen LogP contribution in [0.5, 0.6) is 11.5 Å². The summed E-state index contributed by atoms with van der Waals surface area (Å²) in [6, 6.07) is 17.5. The summed E-state index contributed by atoms with van der Waals surface area (Å²) in [5.41, 5.74) is 2.70. The molecule has 0 bridgehead atoms. The van der Waals surface area contributed by atoms with Crippen LogP contribution >= 0.6 is 0 Å². The minimum Gasteiger partial charge on any atom is -0.497 e. The number of hydrogen-bond donors (Lipinski definition) is 1. The SMILES string of the molecule is COc1cccc(-c2c(/C=C/C(=O)O)ccc3ccc(OC)cc23)c1. The summed E-state index contributed by atoms with van der Waals surface area (Å²) in [6.45, 7) is 0. The fourth-order valence-corrected chi connectivity index (χ4v) is 2.84. The molecule has 4 nitrogen and oxygen atoms in total. The smallest absolute Gasteiger partial charge is 0.328 e. The van der Waals surface area contributed by atoms with Gasteiger partial charge in [0.1, 0.15) is 11.5 Å². The molecule has 0 unspecified atom stereocenters. The average molecular weight is 334 g/mol. The Kier molecular flexibility index (Phi) is 4.70. The predicted octanol–water partition coefficient (Wildman–Crippen LogP) is 4.62. The first-order chi connectivity index (χ1) is 12.1. The third kappa shape index (κ3) is 3.48. The first kappa shape index (κ1) is 16.6. The van der Waals surface area contributed by atoms with E-state index < -0.39 is 5.97 Å². The lowest BCUT2D eigenvalue weighted by molar-refractivity contribution is -0.131. The van der Waals surface area contributed by atoms with Crippen molar-refractivity contribution in [1.82, 2.24) is 0 Å². The maximum Gasteiger partial charge on any atom is 0.328 e. The third-order valence-corrected chi connectivity index (χ3v) is 4.02. The van der Waals surface area contributed by atoms with E-state index in [9.17, 15) is 4.79 Å². The van der Waals surface area contributed by atoms with Gasteiger partial charge in [-0.25, -0.2) is 4.79 Å². The van der Waals surface area contributed by atoms with Crippen molar-refractivity contribution in [3.05, 3.63) is 66.2 Å². The molecule has 0 aliphatic rings. The summed E-state index contributed by atoms with van der Waals surface area (Å²) in [5.74, 6) is 0.504. The Hall–Kier alpha value is -3.27. The number of fused-ring (bicyclic) bond motifs is 1. The largest absolute Gasteiger partial charge is 0.497 e. The number of methoxy groups -OCH3 is 2. The summed E-state index contributed by atoms with van der Waals surface area (Å²) < 4.78 is 10.7. The molecule has 0 aliphatic heterocycles. The van der Waals surface area contributed by atoms with Crippen LogP contribution in [0.25, 0.3) is 28.0 Å². The summed E-state index contributed by atoms with van der Waals surface area (Å²) in [5, 5.41) is 11.0. The lowest BCUT2D eigenvalue weighted by Crippen LogP contribution is -1.91. The lowest BCUT2D eigenvalue weighted by atomic mass is 9.92. The van der Waals surface area contributed by atoms with Crippen LogP contribution in [0, 0.1) is 0 Å². The second-order valence-electron chi connectivity index (χ2n) is 5.52. The first-order valence-corrected chi connectivity index (χ1v) is 7.78. The molecular weight excluding hydrogens is 316 g/mol. The molecule has 0 radical (unpaired) electrons. The van der Waals surface area contributed by atoms with Crippen molar-refractivity contribution >= 4 is 22.8 Å². The average Bonchev–Trinajstić information content (AvgIpc) is 2.65. The summed E-state index contributed by atoms with van der Waals surface area (Å²) >= 11 is 0. The van der Waals surface area contributed by atoms with E-state index in [1.807, 2.05) is 54.6 Å². The van der Waals surface area contributed by atoms with Crippen LogP contribution in [0.3, 0.4) is 0 Å². The molecule has 1 N–H and O–H groups in total. The second kappa shape index (κ2) is 7.09. The Morgan fingerprint density at radius 2 is 1.68 bits per heavy atom. The molecule has 3 aromatic carbocycles. The maximum absolute atomic E-state index is 11.0. The molecule has 0 aromatic heterocycles. The number of hydrogen-bond acceptors (Lipinski definition) is 3. The topological polar surface area (TPSA) is 55.8 Å². The fraction of sp³-hybridized carbons (Fsp3) is 0.0952. The van der Waals surface area contributed by atoms with Gasteiger partial charge in [-0.1, -0.05) is 30.3 Å². The number of carbonyl (C=O) groups is 1. The van der Waals surface area contributed by atoms with E-state index >= 15 is 0 Å². The van der Waals surface area contributed by atoms with Crippen molar-refractivity contribution in [2.75, 3.05) is 14.2 Å². The molecule has 0 saturated carbocycles. The molecule has 0 atom stereocenters. The van der Waals surface area contributed by atoms with E-state index in [1.54, 1.807) is 20.3 Å². The van der Waals surface area contributed by atoms with E-state index in [-0.39, 0.29) is 0 Å². The quantitative estimate of drug-likeness (QED) is 0.692. The Balaban J connectivity index is 2.32. The Bertz CT molecular complexity index is 957. The number of aliphatic carboxylic acids is 1. The van der Waals surface area contributed by atoms with Gasteiger partial charge in [0, 0.05) is 6.08 Å². The molecule has 0 saturated heterocycles. The van der Waals surface area contributed by atoms with Gasteiger partial charge in [-0.2, -0.15) is 0 Å². The molecule has 0 heterocycles.